The van der Waals surface area contributed by atoms with Crippen LogP contribution in [0.3, 0.4) is 0 Å². The number of ketones is 1. The number of carbonyl (C=O) groups excluding carboxylic acids is 1. The van der Waals surface area contributed by atoms with Gasteiger partial charge >= 0.3 is 0 Å². The van der Waals surface area contributed by atoms with Crippen molar-refractivity contribution in [2.45, 2.75) is 43.5 Å². The molecule has 6 nitrogen and oxygen atoms in total. The highest BCUT2D eigenvalue weighted by Gasteiger charge is 2.65. The highest BCUT2D eigenvalue weighted by atomic mass is 16.5. The maximum atomic E-state index is 13.7. The molecule has 0 unspecified atom stereocenters. The number of carbonyl (C=O) groups is 1. The van der Waals surface area contributed by atoms with Crippen molar-refractivity contribution in [3.8, 4) is 0 Å². The SMILES string of the molecule is C=C1NN=C2C[C@@H](C)[C@@]3(O)[C@@H](C=C(COC(c4ccccc4)(c4ccccc4)c4ccccc4)C[C@]4(O)C(=O)C(C)=C[C@@H]34)[C@H]12. The number of benzene rings is 3. The first kappa shape index (κ1) is 28.7. The standard InChI is InChI=1S/C38H38N2O4/c1-24-19-33-36(42,35(24)41)22-27(21-31-34-26(3)39-40-32(34)20-25(2)37(31,33)43)23-44-38(28-13-7-4-8-14-28,29-15-9-5-10-16-29)30-17-11-6-12-18-30/h4-19,21,25,31,33-34,39,42-43H,3,20,22-23H2,1-2H3/t25-,31+,33-,34+,36-,37-/m1/s1. The summed E-state index contributed by atoms with van der Waals surface area (Å²) in [5, 5.41) is 29.5. The van der Waals surface area contributed by atoms with Crippen molar-refractivity contribution < 1.29 is 19.7 Å². The zero-order chi connectivity index (χ0) is 30.7. The summed E-state index contributed by atoms with van der Waals surface area (Å²) in [5.41, 5.74) is 4.68. The van der Waals surface area contributed by atoms with Crippen LogP contribution in [0.25, 0.3) is 0 Å². The second-order valence-electron chi connectivity index (χ2n) is 12.9. The predicted molar refractivity (Wildman–Crippen MR) is 170 cm³/mol. The molecule has 0 saturated heterocycles. The maximum Gasteiger partial charge on any atom is 0.190 e. The summed E-state index contributed by atoms with van der Waals surface area (Å²) in [7, 11) is 0. The van der Waals surface area contributed by atoms with Gasteiger partial charge in [-0.1, -0.05) is 117 Å². The molecule has 1 fully saturated rings. The van der Waals surface area contributed by atoms with Crippen LogP contribution in [-0.4, -0.2) is 39.5 Å². The van der Waals surface area contributed by atoms with Crippen LogP contribution in [0.4, 0.5) is 0 Å². The van der Waals surface area contributed by atoms with E-state index in [1.165, 1.54) is 0 Å². The lowest BCUT2D eigenvalue weighted by atomic mass is 9.56. The first-order chi connectivity index (χ1) is 21.2. The maximum absolute atomic E-state index is 13.7. The van der Waals surface area contributed by atoms with Crippen molar-refractivity contribution in [3.63, 3.8) is 0 Å². The molecule has 3 aliphatic carbocycles. The highest BCUT2D eigenvalue weighted by molar-refractivity contribution is 6.05. The van der Waals surface area contributed by atoms with Crippen LogP contribution in [0.15, 0.2) is 132 Å². The van der Waals surface area contributed by atoms with E-state index < -0.39 is 28.6 Å². The van der Waals surface area contributed by atoms with Gasteiger partial charge in [0.25, 0.3) is 0 Å². The normalized spacial score (nSPS) is 31.1. The van der Waals surface area contributed by atoms with E-state index in [2.05, 4.69) is 53.5 Å². The van der Waals surface area contributed by atoms with Gasteiger partial charge in [0.1, 0.15) is 11.2 Å². The Bertz CT molecular complexity index is 1600. The van der Waals surface area contributed by atoms with Crippen LogP contribution in [0, 0.1) is 23.7 Å². The Labute approximate surface area is 258 Å². The van der Waals surface area contributed by atoms with Gasteiger partial charge in [0.2, 0.25) is 0 Å². The Hall–Kier alpha value is -4.10. The Balaban J connectivity index is 1.38. The van der Waals surface area contributed by atoms with Gasteiger partial charge in [-0.25, -0.2) is 0 Å². The Morgan fingerprint density at radius 2 is 1.48 bits per heavy atom. The van der Waals surface area contributed by atoms with Crippen molar-refractivity contribution in [1.29, 1.82) is 0 Å². The predicted octanol–water partition coefficient (Wildman–Crippen LogP) is 5.68. The van der Waals surface area contributed by atoms with E-state index in [0.29, 0.717) is 12.0 Å². The molecule has 0 bridgehead atoms. The minimum absolute atomic E-state index is 0.0589. The average Bonchev–Trinajstić information content (AvgIpc) is 3.48. The number of hydrogen-bond donors (Lipinski definition) is 3. The third-order valence-electron chi connectivity index (χ3n) is 10.4. The van der Waals surface area contributed by atoms with Crippen LogP contribution in [-0.2, 0) is 15.1 Å². The number of rotatable bonds is 6. The van der Waals surface area contributed by atoms with E-state index in [0.717, 1.165) is 33.7 Å². The number of hydrazone groups is 1. The second-order valence-corrected chi connectivity index (χ2v) is 12.9. The van der Waals surface area contributed by atoms with Gasteiger partial charge < -0.3 is 14.9 Å². The molecule has 1 heterocycles. The van der Waals surface area contributed by atoms with Crippen LogP contribution in [0.5, 0.6) is 0 Å². The number of fused-ring (bicyclic) bond motifs is 5. The number of nitrogens with one attached hydrogen (secondary N) is 1. The molecule has 0 radical (unpaired) electrons. The van der Waals surface area contributed by atoms with Crippen LogP contribution < -0.4 is 5.43 Å². The molecule has 224 valence electrons. The average molecular weight is 587 g/mol. The second kappa shape index (κ2) is 10.5. The third-order valence-corrected chi connectivity index (χ3v) is 10.4. The van der Waals surface area contributed by atoms with Crippen molar-refractivity contribution >= 4 is 11.5 Å². The van der Waals surface area contributed by atoms with Crippen LogP contribution in [0.1, 0.15) is 43.4 Å². The van der Waals surface area contributed by atoms with Gasteiger partial charge in [-0.05, 0) is 47.1 Å². The van der Waals surface area contributed by atoms with E-state index in [1.807, 2.05) is 67.6 Å². The van der Waals surface area contributed by atoms with E-state index in [-0.39, 0.29) is 30.6 Å². The molecule has 44 heavy (non-hydrogen) atoms. The first-order valence-electron chi connectivity index (χ1n) is 15.4. The minimum atomic E-state index is -1.78. The monoisotopic (exact) mass is 586 g/mol. The molecule has 7 rings (SSSR count). The zero-order valence-corrected chi connectivity index (χ0v) is 25.1. The molecule has 1 saturated carbocycles. The molecule has 6 atom stereocenters. The van der Waals surface area contributed by atoms with Gasteiger partial charge in [-0.15, -0.1) is 0 Å². The number of hydrogen-bond acceptors (Lipinski definition) is 6. The van der Waals surface area contributed by atoms with Gasteiger partial charge in [-0.3, -0.25) is 10.2 Å². The summed E-state index contributed by atoms with van der Waals surface area (Å²) in [4.78, 5) is 13.7. The van der Waals surface area contributed by atoms with E-state index in [9.17, 15) is 15.0 Å². The summed E-state index contributed by atoms with van der Waals surface area (Å²) < 4.78 is 7.16. The summed E-state index contributed by atoms with van der Waals surface area (Å²) in [6.45, 7) is 8.08. The lowest BCUT2D eigenvalue weighted by molar-refractivity contribution is -0.163. The molecular formula is C38H38N2O4. The van der Waals surface area contributed by atoms with Crippen molar-refractivity contribution in [1.82, 2.24) is 5.43 Å². The topological polar surface area (TPSA) is 91.2 Å². The largest absolute Gasteiger partial charge is 0.388 e. The summed E-state index contributed by atoms with van der Waals surface area (Å²) in [6, 6.07) is 30.4. The van der Waals surface area contributed by atoms with Crippen molar-refractivity contribution in [2.75, 3.05) is 6.61 Å². The lowest BCUT2D eigenvalue weighted by Gasteiger charge is -2.51. The first-order valence-corrected chi connectivity index (χ1v) is 15.4. The molecular weight excluding hydrogens is 548 g/mol. The van der Waals surface area contributed by atoms with Crippen LogP contribution >= 0.6 is 0 Å². The summed E-state index contributed by atoms with van der Waals surface area (Å²) in [6.07, 6.45) is 4.45. The molecule has 4 aliphatic rings. The van der Waals surface area contributed by atoms with E-state index in [4.69, 9.17) is 4.74 Å². The van der Waals surface area contributed by atoms with Crippen molar-refractivity contribution in [2.24, 2.45) is 28.8 Å². The lowest BCUT2D eigenvalue weighted by Crippen LogP contribution is -2.62. The number of ether oxygens (including phenoxy) is 1. The molecule has 0 amide bonds. The fourth-order valence-corrected chi connectivity index (χ4v) is 8.28. The van der Waals surface area contributed by atoms with Gasteiger partial charge in [0.15, 0.2) is 5.78 Å². The van der Waals surface area contributed by atoms with Crippen molar-refractivity contribution in [3.05, 3.63) is 143 Å². The Morgan fingerprint density at radius 1 is 0.932 bits per heavy atom. The zero-order valence-electron chi connectivity index (χ0n) is 25.1. The molecule has 1 aliphatic heterocycles. The van der Waals surface area contributed by atoms with Gasteiger partial charge in [0, 0.05) is 35.6 Å². The van der Waals surface area contributed by atoms with Gasteiger partial charge in [0.05, 0.1) is 12.2 Å². The molecule has 3 aromatic rings. The van der Waals surface area contributed by atoms with E-state index in [1.54, 1.807) is 13.0 Å². The minimum Gasteiger partial charge on any atom is -0.388 e. The van der Waals surface area contributed by atoms with E-state index >= 15 is 0 Å². The molecule has 6 heteroatoms. The fourth-order valence-electron chi connectivity index (χ4n) is 8.28. The highest BCUT2D eigenvalue weighted by Crippen LogP contribution is 2.57. The fraction of sp³-hybridized carbons (Fsp3) is 0.316. The quantitative estimate of drug-likeness (QED) is 0.256. The number of aliphatic hydroxyl groups is 2. The molecule has 3 N–H and O–H groups in total. The molecule has 3 aromatic carbocycles. The third kappa shape index (κ3) is 4.12. The number of allylic oxidation sites excluding steroid dienone is 1. The van der Waals surface area contributed by atoms with Crippen LogP contribution in [0.2, 0.25) is 0 Å². The van der Waals surface area contributed by atoms with Gasteiger partial charge in [-0.2, -0.15) is 5.10 Å². The molecule has 0 aromatic heterocycles. The summed E-state index contributed by atoms with van der Waals surface area (Å²) >= 11 is 0. The number of nitrogens with zero attached hydrogens (tertiary/aromatic N) is 1. The Morgan fingerprint density at radius 3 is 2.02 bits per heavy atom. The Kier molecular flexibility index (Phi) is 6.85. The summed E-state index contributed by atoms with van der Waals surface area (Å²) in [5.74, 6) is -2.07. The smallest absolute Gasteiger partial charge is 0.190 e. The number of Topliss-reactive ketones (excluding diaryl/α,β-unsaturated/α-hetero) is 1. The molecule has 0 spiro atoms.